The van der Waals surface area contributed by atoms with Crippen LogP contribution in [-0.4, -0.2) is 31.8 Å². The Morgan fingerprint density at radius 2 is 1.95 bits per heavy atom. The van der Waals surface area contributed by atoms with E-state index in [-0.39, 0.29) is 18.3 Å². The molecule has 0 atom stereocenters. The van der Waals surface area contributed by atoms with Crippen LogP contribution in [0.4, 0.5) is 5.95 Å². The first-order valence-electron chi connectivity index (χ1n) is 6.96. The van der Waals surface area contributed by atoms with Crippen LogP contribution in [0.25, 0.3) is 0 Å². The number of hydrogen-bond acceptors (Lipinski definition) is 4. The van der Waals surface area contributed by atoms with Crippen molar-refractivity contribution < 1.29 is 9.90 Å². The Morgan fingerprint density at radius 3 is 2.42 bits per heavy atom. The number of aryl methyl sites for hydroxylation is 1. The molecule has 0 saturated heterocycles. The van der Waals surface area contributed by atoms with Gasteiger partial charge in [0.05, 0.1) is 12.0 Å². The summed E-state index contributed by atoms with van der Waals surface area (Å²) in [5, 5.41) is 19.7. The molecule has 0 bridgehead atoms. The van der Waals surface area contributed by atoms with E-state index in [0.717, 1.165) is 25.1 Å². The molecule has 0 aliphatic rings. The number of hydrogen-bond donors (Lipinski definition) is 3. The molecule has 0 unspecified atom stereocenters. The number of carbonyl (C=O) groups excluding carboxylic acids is 1. The van der Waals surface area contributed by atoms with E-state index in [9.17, 15) is 9.90 Å². The number of carbonyl (C=O) groups is 1. The van der Waals surface area contributed by atoms with Crippen LogP contribution in [0.1, 0.15) is 58.7 Å². The minimum absolute atomic E-state index is 0.0880. The van der Waals surface area contributed by atoms with E-state index < -0.39 is 5.60 Å². The van der Waals surface area contributed by atoms with Crippen molar-refractivity contribution >= 4 is 11.9 Å². The zero-order valence-electron chi connectivity index (χ0n) is 12.0. The quantitative estimate of drug-likeness (QED) is 0.672. The number of amides is 1. The smallest absolute Gasteiger partial charge is 0.248 e. The highest BCUT2D eigenvalue weighted by molar-refractivity contribution is 5.89. The van der Waals surface area contributed by atoms with E-state index in [4.69, 9.17) is 0 Å². The second-order valence-corrected chi connectivity index (χ2v) is 4.91. The van der Waals surface area contributed by atoms with Crippen molar-refractivity contribution in [2.45, 2.75) is 64.9 Å². The molecule has 0 radical (unpaired) electrons. The summed E-state index contributed by atoms with van der Waals surface area (Å²) in [5.41, 5.74) is -0.919. The molecule has 0 fully saturated rings. The topological polar surface area (TPSA) is 90.9 Å². The van der Waals surface area contributed by atoms with Gasteiger partial charge >= 0.3 is 0 Å². The van der Waals surface area contributed by atoms with Gasteiger partial charge in [-0.25, -0.2) is 0 Å². The van der Waals surface area contributed by atoms with E-state index in [0.29, 0.717) is 12.8 Å². The van der Waals surface area contributed by atoms with E-state index in [2.05, 4.69) is 20.5 Å². The Kier molecular flexibility index (Phi) is 5.95. The molecule has 0 aliphatic heterocycles. The number of rotatable bonds is 8. The normalized spacial score (nSPS) is 11.6. The van der Waals surface area contributed by atoms with Crippen molar-refractivity contribution in [3.63, 3.8) is 0 Å². The van der Waals surface area contributed by atoms with Crippen molar-refractivity contribution in [3.8, 4) is 0 Å². The van der Waals surface area contributed by atoms with Gasteiger partial charge in [0, 0.05) is 6.42 Å². The predicted octanol–water partition coefficient (Wildman–Crippen LogP) is 2.03. The molecule has 0 spiro atoms. The molecule has 1 aromatic heterocycles. The van der Waals surface area contributed by atoms with Crippen LogP contribution in [-0.2, 0) is 11.2 Å². The van der Waals surface area contributed by atoms with Crippen LogP contribution in [0.5, 0.6) is 0 Å². The largest absolute Gasteiger partial charge is 0.389 e. The van der Waals surface area contributed by atoms with Gasteiger partial charge in [0.1, 0.15) is 5.82 Å². The summed E-state index contributed by atoms with van der Waals surface area (Å²) >= 11 is 0. The van der Waals surface area contributed by atoms with Gasteiger partial charge in [-0.1, -0.05) is 33.6 Å². The van der Waals surface area contributed by atoms with Gasteiger partial charge in [0.25, 0.3) is 0 Å². The first-order chi connectivity index (χ1) is 9.03. The lowest BCUT2D eigenvalue weighted by Crippen LogP contribution is -2.34. The lowest BCUT2D eigenvalue weighted by atomic mass is 9.89. The second kappa shape index (κ2) is 7.23. The number of H-pyrrole nitrogens is 1. The molecule has 0 aliphatic carbocycles. The third-order valence-electron chi connectivity index (χ3n) is 3.04. The monoisotopic (exact) mass is 268 g/mol. The fourth-order valence-corrected chi connectivity index (χ4v) is 2.21. The van der Waals surface area contributed by atoms with Crippen molar-refractivity contribution in [1.29, 1.82) is 0 Å². The van der Waals surface area contributed by atoms with Gasteiger partial charge in [-0.2, -0.15) is 4.98 Å². The summed E-state index contributed by atoms with van der Waals surface area (Å²) in [6.45, 7) is 5.95. The van der Waals surface area contributed by atoms with Crippen LogP contribution < -0.4 is 5.32 Å². The minimum Gasteiger partial charge on any atom is -0.389 e. The molecule has 0 saturated carbocycles. The highest BCUT2D eigenvalue weighted by Crippen LogP contribution is 2.23. The predicted molar refractivity (Wildman–Crippen MR) is 73.8 cm³/mol. The number of anilines is 1. The summed E-state index contributed by atoms with van der Waals surface area (Å²) in [5.74, 6) is 0.760. The average Bonchev–Trinajstić information content (AvgIpc) is 2.76. The van der Waals surface area contributed by atoms with Crippen LogP contribution in [0, 0.1) is 0 Å². The Bertz CT molecular complexity index is 397. The fraction of sp³-hybridized carbons (Fsp3) is 0.769. The van der Waals surface area contributed by atoms with Crippen molar-refractivity contribution in [2.75, 3.05) is 5.32 Å². The third-order valence-corrected chi connectivity index (χ3v) is 3.04. The molecular formula is C13H24N4O2. The number of aliphatic hydroxyl groups is 1. The highest BCUT2D eigenvalue weighted by Gasteiger charge is 2.28. The van der Waals surface area contributed by atoms with Gasteiger partial charge in [0.15, 0.2) is 0 Å². The highest BCUT2D eigenvalue weighted by atomic mass is 16.3. The molecule has 1 heterocycles. The second-order valence-electron chi connectivity index (χ2n) is 4.91. The van der Waals surface area contributed by atoms with Crippen LogP contribution in [0.15, 0.2) is 0 Å². The zero-order valence-corrected chi connectivity index (χ0v) is 12.0. The molecule has 6 nitrogen and oxygen atoms in total. The van der Waals surface area contributed by atoms with Crippen LogP contribution >= 0.6 is 0 Å². The Morgan fingerprint density at radius 1 is 1.32 bits per heavy atom. The molecule has 6 heteroatoms. The number of aromatic nitrogens is 3. The summed E-state index contributed by atoms with van der Waals surface area (Å²) in [6, 6.07) is 0. The Labute approximate surface area is 114 Å². The van der Waals surface area contributed by atoms with Gasteiger partial charge in [-0.05, 0) is 12.8 Å². The van der Waals surface area contributed by atoms with E-state index in [1.54, 1.807) is 0 Å². The van der Waals surface area contributed by atoms with Gasteiger partial charge in [0.2, 0.25) is 11.9 Å². The minimum atomic E-state index is -0.919. The maximum absolute atomic E-state index is 11.9. The summed E-state index contributed by atoms with van der Waals surface area (Å²) in [6.07, 6.45) is 3.78. The summed E-state index contributed by atoms with van der Waals surface area (Å²) in [4.78, 5) is 16.0. The van der Waals surface area contributed by atoms with Crippen molar-refractivity contribution in [3.05, 3.63) is 5.82 Å². The average molecular weight is 268 g/mol. The van der Waals surface area contributed by atoms with E-state index in [1.165, 1.54) is 0 Å². The molecule has 1 aromatic rings. The maximum Gasteiger partial charge on any atom is 0.248 e. The molecule has 0 aromatic carbocycles. The SMILES string of the molecule is CCCC(O)(CCC)CC(=O)Nc1n[nH]c(CC)n1. The first kappa shape index (κ1) is 15.6. The third kappa shape index (κ3) is 4.98. The van der Waals surface area contributed by atoms with E-state index in [1.807, 2.05) is 20.8 Å². The number of aromatic amines is 1. The first-order valence-corrected chi connectivity index (χ1v) is 6.96. The molecular weight excluding hydrogens is 244 g/mol. The van der Waals surface area contributed by atoms with Gasteiger partial charge < -0.3 is 5.11 Å². The van der Waals surface area contributed by atoms with Gasteiger partial charge in [-0.3, -0.25) is 15.2 Å². The lowest BCUT2D eigenvalue weighted by molar-refractivity contribution is -0.121. The van der Waals surface area contributed by atoms with Crippen LogP contribution in [0.3, 0.4) is 0 Å². The molecule has 108 valence electrons. The molecule has 3 N–H and O–H groups in total. The standard InChI is InChI=1S/C13H24N4O2/c1-4-7-13(19,8-5-2)9-11(18)15-12-14-10(6-3)16-17-12/h19H,4-9H2,1-3H3,(H2,14,15,16,17,18). The fourth-order valence-electron chi connectivity index (χ4n) is 2.21. The zero-order chi connectivity index (χ0) is 14.3. The van der Waals surface area contributed by atoms with Crippen molar-refractivity contribution in [1.82, 2.24) is 15.2 Å². The summed E-state index contributed by atoms with van der Waals surface area (Å²) in [7, 11) is 0. The maximum atomic E-state index is 11.9. The Hall–Kier alpha value is -1.43. The van der Waals surface area contributed by atoms with Gasteiger partial charge in [-0.15, -0.1) is 5.10 Å². The molecule has 1 rings (SSSR count). The Balaban J connectivity index is 2.57. The number of nitrogens with zero attached hydrogens (tertiary/aromatic N) is 2. The van der Waals surface area contributed by atoms with E-state index >= 15 is 0 Å². The molecule has 19 heavy (non-hydrogen) atoms. The summed E-state index contributed by atoms with van der Waals surface area (Å²) < 4.78 is 0. The number of nitrogens with one attached hydrogen (secondary N) is 2. The van der Waals surface area contributed by atoms with Crippen LogP contribution in [0.2, 0.25) is 0 Å². The van der Waals surface area contributed by atoms with Crippen molar-refractivity contribution in [2.24, 2.45) is 0 Å². The molecule has 1 amide bonds. The lowest BCUT2D eigenvalue weighted by Gasteiger charge is -2.26.